The van der Waals surface area contributed by atoms with Crippen molar-refractivity contribution in [3.05, 3.63) is 40.1 Å². The Balaban J connectivity index is 2.00. The number of nitrogens with zero attached hydrogens (tertiary/aromatic N) is 3. The molecule has 2 aromatic rings. The smallest absolute Gasteiger partial charge is 0.358 e. The molecule has 6 nitrogen and oxygen atoms in total. The molecule has 0 radical (unpaired) electrons. The van der Waals surface area contributed by atoms with Crippen molar-refractivity contribution in [2.75, 3.05) is 5.75 Å². The van der Waals surface area contributed by atoms with E-state index in [1.165, 1.54) is 10.9 Å². The topological polar surface area (TPSA) is 85.1 Å². The summed E-state index contributed by atoms with van der Waals surface area (Å²) < 4.78 is 13.4. The third-order valence-electron chi connectivity index (χ3n) is 2.42. The van der Waals surface area contributed by atoms with Crippen molar-refractivity contribution in [1.29, 1.82) is 0 Å². The first-order valence-electron chi connectivity index (χ1n) is 5.44. The highest BCUT2D eigenvalue weighted by atomic mass is 35.5. The number of benzene rings is 1. The molecule has 0 aliphatic carbocycles. The predicted octanol–water partition coefficient (Wildman–Crippen LogP) is 2.09. The maximum atomic E-state index is 12.1. The first kappa shape index (κ1) is 15.0. The van der Waals surface area contributed by atoms with Gasteiger partial charge in [0.2, 0.25) is 0 Å². The van der Waals surface area contributed by atoms with Crippen LogP contribution < -0.4 is 0 Å². The molecule has 2 rings (SSSR count). The number of hydrogen-bond donors (Lipinski definition) is 1. The summed E-state index contributed by atoms with van der Waals surface area (Å²) in [6, 6.07) is 4.76. The Kier molecular flexibility index (Phi) is 4.74. The van der Waals surface area contributed by atoms with Gasteiger partial charge in [0.05, 0.1) is 33.6 Å². The molecule has 106 valence electrons. The zero-order valence-electron chi connectivity index (χ0n) is 9.99. The standard InChI is InChI=1S/C11H9Cl2N3O3S/c12-8-2-1-7(5-9(8)13)20(19)4-3-16-6-10(11(17)18)14-15-16/h1-2,5-6H,3-4H2,(H,17,18). The van der Waals surface area contributed by atoms with Crippen LogP contribution in [0.2, 0.25) is 10.0 Å². The summed E-state index contributed by atoms with van der Waals surface area (Å²) in [7, 11) is -1.28. The highest BCUT2D eigenvalue weighted by molar-refractivity contribution is 7.85. The molecular weight excluding hydrogens is 325 g/mol. The van der Waals surface area contributed by atoms with Gasteiger partial charge >= 0.3 is 5.97 Å². The lowest BCUT2D eigenvalue weighted by molar-refractivity contribution is 0.0690. The predicted molar refractivity (Wildman–Crippen MR) is 74.7 cm³/mol. The molecule has 0 saturated carbocycles. The van der Waals surface area contributed by atoms with Crippen LogP contribution in [0, 0.1) is 0 Å². The van der Waals surface area contributed by atoms with E-state index in [1.807, 2.05) is 0 Å². The monoisotopic (exact) mass is 333 g/mol. The van der Waals surface area contributed by atoms with E-state index >= 15 is 0 Å². The highest BCUT2D eigenvalue weighted by Crippen LogP contribution is 2.24. The average molecular weight is 334 g/mol. The molecule has 0 amide bonds. The summed E-state index contributed by atoms with van der Waals surface area (Å²) >= 11 is 11.6. The fourth-order valence-electron chi connectivity index (χ4n) is 1.42. The van der Waals surface area contributed by atoms with Crippen LogP contribution in [0.1, 0.15) is 10.5 Å². The Morgan fingerprint density at radius 3 is 2.70 bits per heavy atom. The molecule has 0 fully saturated rings. The molecular formula is C11H9Cl2N3O3S. The van der Waals surface area contributed by atoms with Crippen molar-refractivity contribution < 1.29 is 14.1 Å². The summed E-state index contributed by atoms with van der Waals surface area (Å²) in [5, 5.41) is 16.6. The maximum absolute atomic E-state index is 12.1. The molecule has 9 heteroatoms. The van der Waals surface area contributed by atoms with Gasteiger partial charge in [0, 0.05) is 10.6 Å². The van der Waals surface area contributed by atoms with Gasteiger partial charge in [-0.25, -0.2) is 4.79 Å². The highest BCUT2D eigenvalue weighted by Gasteiger charge is 2.10. The molecule has 1 heterocycles. The van der Waals surface area contributed by atoms with Gasteiger partial charge in [0.25, 0.3) is 0 Å². The number of aromatic carboxylic acids is 1. The van der Waals surface area contributed by atoms with Crippen LogP contribution in [-0.4, -0.2) is 36.0 Å². The van der Waals surface area contributed by atoms with Crippen molar-refractivity contribution in [2.24, 2.45) is 0 Å². The molecule has 0 bridgehead atoms. The van der Waals surface area contributed by atoms with Crippen molar-refractivity contribution in [3.63, 3.8) is 0 Å². The van der Waals surface area contributed by atoms with Gasteiger partial charge in [0.1, 0.15) is 0 Å². The third-order valence-corrected chi connectivity index (χ3v) is 4.49. The number of carboxylic acid groups (broad SMARTS) is 1. The lowest BCUT2D eigenvalue weighted by atomic mass is 10.4. The fraction of sp³-hybridized carbons (Fsp3) is 0.182. The van der Waals surface area contributed by atoms with Crippen LogP contribution >= 0.6 is 23.2 Å². The number of carbonyl (C=O) groups is 1. The van der Waals surface area contributed by atoms with Gasteiger partial charge in [-0.2, -0.15) is 0 Å². The normalized spacial score (nSPS) is 12.3. The molecule has 0 spiro atoms. The van der Waals surface area contributed by atoms with Gasteiger partial charge < -0.3 is 5.11 Å². The largest absolute Gasteiger partial charge is 0.476 e. The van der Waals surface area contributed by atoms with E-state index in [4.69, 9.17) is 28.3 Å². The van der Waals surface area contributed by atoms with Crippen molar-refractivity contribution in [1.82, 2.24) is 15.0 Å². The van der Waals surface area contributed by atoms with Crippen LogP contribution in [0.5, 0.6) is 0 Å². The molecule has 1 aromatic carbocycles. The molecule has 0 aliphatic heterocycles. The summed E-state index contributed by atoms with van der Waals surface area (Å²) in [6.45, 7) is 0.285. The van der Waals surface area contributed by atoms with E-state index in [0.717, 1.165) is 0 Å². The van der Waals surface area contributed by atoms with Gasteiger partial charge in [-0.05, 0) is 18.2 Å². The number of halogens is 2. The van der Waals surface area contributed by atoms with Gasteiger partial charge in [-0.15, -0.1) is 5.10 Å². The fourth-order valence-corrected chi connectivity index (χ4v) is 2.84. The SMILES string of the molecule is O=C(O)c1cn(CCS(=O)c2ccc(Cl)c(Cl)c2)nn1. The van der Waals surface area contributed by atoms with E-state index in [0.29, 0.717) is 14.9 Å². The second kappa shape index (κ2) is 6.34. The van der Waals surface area contributed by atoms with Crippen molar-refractivity contribution in [2.45, 2.75) is 11.4 Å². The van der Waals surface area contributed by atoms with Crippen LogP contribution in [-0.2, 0) is 17.3 Å². The number of aromatic nitrogens is 3. The lowest BCUT2D eigenvalue weighted by Gasteiger charge is -2.03. The number of hydrogen-bond acceptors (Lipinski definition) is 4. The summed E-state index contributed by atoms with van der Waals surface area (Å²) in [5.74, 6) is -0.887. The van der Waals surface area contributed by atoms with E-state index in [1.54, 1.807) is 18.2 Å². The molecule has 0 saturated heterocycles. The maximum Gasteiger partial charge on any atom is 0.358 e. The van der Waals surface area contributed by atoms with Crippen LogP contribution in [0.25, 0.3) is 0 Å². The van der Waals surface area contributed by atoms with Crippen LogP contribution in [0.3, 0.4) is 0 Å². The van der Waals surface area contributed by atoms with E-state index < -0.39 is 16.8 Å². The van der Waals surface area contributed by atoms with Crippen LogP contribution in [0.4, 0.5) is 0 Å². The zero-order valence-corrected chi connectivity index (χ0v) is 12.3. The Morgan fingerprint density at radius 1 is 1.35 bits per heavy atom. The summed E-state index contributed by atoms with van der Waals surface area (Å²) in [4.78, 5) is 11.2. The zero-order chi connectivity index (χ0) is 14.7. The summed E-state index contributed by atoms with van der Waals surface area (Å²) in [5.41, 5.74) is -0.148. The van der Waals surface area contributed by atoms with E-state index in [-0.39, 0.29) is 18.0 Å². The molecule has 1 atom stereocenters. The number of rotatable bonds is 5. The Bertz CT molecular complexity index is 675. The minimum atomic E-state index is -1.28. The third kappa shape index (κ3) is 3.56. The first-order chi connectivity index (χ1) is 9.47. The average Bonchev–Trinajstić information content (AvgIpc) is 2.88. The Labute approximate surface area is 126 Å². The van der Waals surface area contributed by atoms with Crippen LogP contribution in [0.15, 0.2) is 29.3 Å². The summed E-state index contributed by atoms with van der Waals surface area (Å²) in [6.07, 6.45) is 1.29. The van der Waals surface area contributed by atoms with Gasteiger partial charge in [-0.1, -0.05) is 28.4 Å². The molecule has 0 aliphatic rings. The molecule has 1 unspecified atom stereocenters. The van der Waals surface area contributed by atoms with E-state index in [2.05, 4.69) is 10.3 Å². The lowest BCUT2D eigenvalue weighted by Crippen LogP contribution is -2.08. The van der Waals surface area contributed by atoms with Gasteiger partial charge in [0.15, 0.2) is 5.69 Å². The first-order valence-corrected chi connectivity index (χ1v) is 7.51. The molecule has 1 N–H and O–H groups in total. The number of carboxylic acids is 1. The second-order valence-electron chi connectivity index (χ2n) is 3.80. The second-order valence-corrected chi connectivity index (χ2v) is 6.18. The van der Waals surface area contributed by atoms with Crippen molar-refractivity contribution >= 4 is 40.0 Å². The van der Waals surface area contributed by atoms with E-state index in [9.17, 15) is 9.00 Å². The minimum Gasteiger partial charge on any atom is -0.476 e. The Morgan fingerprint density at radius 2 is 2.10 bits per heavy atom. The number of aryl methyl sites for hydroxylation is 1. The minimum absolute atomic E-state index is 0.148. The molecule has 1 aromatic heterocycles. The quantitative estimate of drug-likeness (QED) is 0.905. The van der Waals surface area contributed by atoms with Crippen molar-refractivity contribution in [3.8, 4) is 0 Å². The Hall–Kier alpha value is -1.44. The molecule has 20 heavy (non-hydrogen) atoms. The van der Waals surface area contributed by atoms with Gasteiger partial charge in [-0.3, -0.25) is 8.89 Å².